The van der Waals surface area contributed by atoms with Gasteiger partial charge in [0.05, 0.1) is 0 Å². The zero-order chi connectivity index (χ0) is 7.56. The molecule has 1 aliphatic rings. The van der Waals surface area contributed by atoms with Gasteiger partial charge in [-0.05, 0) is 31.4 Å². The number of rotatable bonds is 4. The predicted octanol–water partition coefficient (Wildman–Crippen LogP) is 1.86. The molecule has 0 aliphatic heterocycles. The van der Waals surface area contributed by atoms with Gasteiger partial charge in [-0.15, -0.1) is 11.6 Å². The van der Waals surface area contributed by atoms with Crippen molar-refractivity contribution in [2.45, 2.75) is 19.5 Å². The summed E-state index contributed by atoms with van der Waals surface area (Å²) in [5, 5.41) is 0. The number of alkyl halides is 1. The topological polar surface area (TPSA) is 9.23 Å². The third-order valence-electron chi connectivity index (χ3n) is 1.91. The summed E-state index contributed by atoms with van der Waals surface area (Å²) in [6.45, 7) is 5.39. The minimum Gasteiger partial charge on any atom is -0.420 e. The van der Waals surface area contributed by atoms with Crippen molar-refractivity contribution in [3.05, 3.63) is 0 Å². The minimum atomic E-state index is -0.768. The second-order valence-electron chi connectivity index (χ2n) is 3.29. The first-order chi connectivity index (χ1) is 4.74. The van der Waals surface area contributed by atoms with Crippen LogP contribution in [0.3, 0.4) is 0 Å². The molecule has 0 radical (unpaired) electrons. The Bertz CT molecular complexity index is 108. The van der Waals surface area contributed by atoms with Crippen LogP contribution < -0.4 is 0 Å². The van der Waals surface area contributed by atoms with Crippen LogP contribution >= 0.6 is 11.6 Å². The van der Waals surface area contributed by atoms with Crippen LogP contribution in [0.1, 0.15) is 6.42 Å². The first kappa shape index (κ1) is 8.56. The summed E-state index contributed by atoms with van der Waals surface area (Å²) in [5.41, 5.74) is 0. The van der Waals surface area contributed by atoms with Gasteiger partial charge in [0, 0.05) is 12.5 Å². The van der Waals surface area contributed by atoms with Gasteiger partial charge in [0.1, 0.15) is 0 Å². The molecule has 0 bridgehead atoms. The molecule has 1 rings (SSSR count). The maximum atomic E-state index is 5.66. The maximum absolute atomic E-state index is 5.66. The zero-order valence-corrected chi connectivity index (χ0v) is 8.55. The second-order valence-corrected chi connectivity index (χ2v) is 6.03. The van der Waals surface area contributed by atoms with Crippen molar-refractivity contribution < 1.29 is 4.43 Å². The fraction of sp³-hybridized carbons (Fsp3) is 1.00. The third-order valence-corrected chi connectivity index (χ3v) is 3.17. The first-order valence-corrected chi connectivity index (χ1v) is 7.23. The van der Waals surface area contributed by atoms with Crippen LogP contribution in [-0.4, -0.2) is 21.5 Å². The average molecular weight is 179 g/mol. The molecule has 0 aromatic heterocycles. The number of hydrogen-bond acceptors (Lipinski definition) is 1. The zero-order valence-electron chi connectivity index (χ0n) is 6.64. The van der Waals surface area contributed by atoms with Crippen molar-refractivity contribution >= 4 is 20.6 Å². The molecular weight excluding hydrogens is 164 g/mol. The molecule has 0 heterocycles. The van der Waals surface area contributed by atoms with Gasteiger partial charge >= 0.3 is 0 Å². The van der Waals surface area contributed by atoms with Gasteiger partial charge in [-0.1, -0.05) is 0 Å². The molecule has 60 valence electrons. The highest BCUT2D eigenvalue weighted by molar-refractivity contribution is 6.48. The van der Waals surface area contributed by atoms with Crippen molar-refractivity contribution in [3.63, 3.8) is 0 Å². The SMILES string of the molecule is C[SiH](C)OCC1CC1CCl. The molecule has 1 aliphatic carbocycles. The lowest BCUT2D eigenvalue weighted by atomic mass is 10.4. The molecular formula is C7H15ClOSi. The Labute approximate surface area is 69.4 Å². The van der Waals surface area contributed by atoms with Gasteiger partial charge < -0.3 is 4.43 Å². The summed E-state index contributed by atoms with van der Waals surface area (Å²) in [6.07, 6.45) is 1.30. The van der Waals surface area contributed by atoms with Crippen LogP contribution in [0.4, 0.5) is 0 Å². The van der Waals surface area contributed by atoms with Gasteiger partial charge in [-0.2, -0.15) is 0 Å². The Balaban J connectivity index is 1.96. The highest BCUT2D eigenvalue weighted by Crippen LogP contribution is 2.39. The predicted molar refractivity (Wildman–Crippen MR) is 47.1 cm³/mol. The Kier molecular flexibility index (Phi) is 3.20. The summed E-state index contributed by atoms with van der Waals surface area (Å²) in [7, 11) is -0.768. The second kappa shape index (κ2) is 3.74. The van der Waals surface area contributed by atoms with Crippen molar-refractivity contribution in [2.24, 2.45) is 11.8 Å². The van der Waals surface area contributed by atoms with Crippen LogP contribution in [0.15, 0.2) is 0 Å². The van der Waals surface area contributed by atoms with E-state index in [0.29, 0.717) is 0 Å². The Morgan fingerprint density at radius 3 is 2.60 bits per heavy atom. The molecule has 3 heteroatoms. The molecule has 0 spiro atoms. The fourth-order valence-corrected chi connectivity index (χ4v) is 2.03. The summed E-state index contributed by atoms with van der Waals surface area (Å²) in [6, 6.07) is 0. The van der Waals surface area contributed by atoms with E-state index in [1.54, 1.807) is 0 Å². The van der Waals surface area contributed by atoms with Crippen molar-refractivity contribution in [1.82, 2.24) is 0 Å². The third kappa shape index (κ3) is 2.60. The molecule has 1 saturated carbocycles. The van der Waals surface area contributed by atoms with Crippen LogP contribution in [0.25, 0.3) is 0 Å². The van der Waals surface area contributed by atoms with E-state index in [-0.39, 0.29) is 0 Å². The van der Waals surface area contributed by atoms with E-state index in [1.165, 1.54) is 6.42 Å². The summed E-state index contributed by atoms with van der Waals surface area (Å²) in [5.74, 6) is 2.40. The van der Waals surface area contributed by atoms with Gasteiger partial charge in [0.2, 0.25) is 0 Å². The summed E-state index contributed by atoms with van der Waals surface area (Å²) >= 11 is 5.66. The van der Waals surface area contributed by atoms with Gasteiger partial charge in [-0.3, -0.25) is 0 Å². The van der Waals surface area contributed by atoms with Gasteiger partial charge in [-0.25, -0.2) is 0 Å². The molecule has 0 amide bonds. The van der Waals surface area contributed by atoms with E-state index >= 15 is 0 Å². The molecule has 2 atom stereocenters. The number of hydrogen-bond donors (Lipinski definition) is 0. The largest absolute Gasteiger partial charge is 0.420 e. The Hall–Kier alpha value is 0.467. The van der Waals surface area contributed by atoms with E-state index in [0.717, 1.165) is 24.3 Å². The lowest BCUT2D eigenvalue weighted by molar-refractivity contribution is 0.300. The molecule has 2 unspecified atom stereocenters. The molecule has 0 aromatic rings. The van der Waals surface area contributed by atoms with Crippen molar-refractivity contribution in [1.29, 1.82) is 0 Å². The van der Waals surface area contributed by atoms with Crippen LogP contribution in [0.2, 0.25) is 13.1 Å². The van der Waals surface area contributed by atoms with Gasteiger partial charge in [0.15, 0.2) is 9.04 Å². The number of halogens is 1. The Morgan fingerprint density at radius 1 is 1.50 bits per heavy atom. The van der Waals surface area contributed by atoms with E-state index in [1.807, 2.05) is 0 Å². The normalized spacial score (nSPS) is 31.2. The minimum absolute atomic E-state index is 0.768. The lowest BCUT2D eigenvalue weighted by Gasteiger charge is -2.04. The van der Waals surface area contributed by atoms with Gasteiger partial charge in [0.25, 0.3) is 0 Å². The highest BCUT2D eigenvalue weighted by atomic mass is 35.5. The fourth-order valence-electron chi connectivity index (χ4n) is 1.02. The van der Waals surface area contributed by atoms with E-state index < -0.39 is 9.04 Å². The first-order valence-electron chi connectivity index (χ1n) is 3.91. The van der Waals surface area contributed by atoms with Crippen molar-refractivity contribution in [2.75, 3.05) is 12.5 Å². The average Bonchev–Trinajstić information content (AvgIpc) is 2.61. The molecule has 0 N–H and O–H groups in total. The highest BCUT2D eigenvalue weighted by Gasteiger charge is 2.35. The van der Waals surface area contributed by atoms with Crippen LogP contribution in [-0.2, 0) is 4.43 Å². The Morgan fingerprint density at radius 2 is 2.20 bits per heavy atom. The molecule has 10 heavy (non-hydrogen) atoms. The van der Waals surface area contributed by atoms with E-state index in [9.17, 15) is 0 Å². The molecule has 0 saturated heterocycles. The summed E-state index contributed by atoms with van der Waals surface area (Å²) in [4.78, 5) is 0. The maximum Gasteiger partial charge on any atom is 0.170 e. The standard InChI is InChI=1S/C7H15ClOSi/c1-10(2)9-5-7-3-6(7)4-8/h6-7,10H,3-5H2,1-2H3. The summed E-state index contributed by atoms with van der Waals surface area (Å²) < 4.78 is 5.58. The molecule has 1 fully saturated rings. The van der Waals surface area contributed by atoms with Crippen LogP contribution in [0.5, 0.6) is 0 Å². The van der Waals surface area contributed by atoms with Crippen molar-refractivity contribution in [3.8, 4) is 0 Å². The van der Waals surface area contributed by atoms with Crippen LogP contribution in [0, 0.1) is 11.8 Å². The quantitative estimate of drug-likeness (QED) is 0.472. The van der Waals surface area contributed by atoms with E-state index in [2.05, 4.69) is 13.1 Å². The lowest BCUT2D eigenvalue weighted by Crippen LogP contribution is -2.10. The monoisotopic (exact) mass is 178 g/mol. The molecule has 0 aromatic carbocycles. The van der Waals surface area contributed by atoms with E-state index in [4.69, 9.17) is 16.0 Å². The smallest absolute Gasteiger partial charge is 0.170 e. The molecule has 1 nitrogen and oxygen atoms in total.